The number of carbonyl (C=O) groups is 1. The first-order valence-corrected chi connectivity index (χ1v) is 9.37. The fraction of sp³-hybridized carbons (Fsp3) is 0.273. The SMILES string of the molecule is COc1cc(C(CC(C)=O)c2cn[nH]c2C)ccc1Oc1ccccc1OC(F)(F)F. The number of methoxy groups -OCH3 is 1. The summed E-state index contributed by atoms with van der Waals surface area (Å²) in [7, 11) is 1.42. The van der Waals surface area contributed by atoms with Crippen LogP contribution in [0.25, 0.3) is 0 Å². The van der Waals surface area contributed by atoms with Crippen molar-refractivity contribution in [1.29, 1.82) is 0 Å². The Morgan fingerprint density at radius 1 is 1.10 bits per heavy atom. The number of halogens is 3. The Labute approximate surface area is 176 Å². The summed E-state index contributed by atoms with van der Waals surface area (Å²) in [5, 5.41) is 6.90. The van der Waals surface area contributed by atoms with Gasteiger partial charge in [0, 0.05) is 23.6 Å². The van der Waals surface area contributed by atoms with Gasteiger partial charge in [-0.2, -0.15) is 5.10 Å². The molecule has 164 valence electrons. The lowest BCUT2D eigenvalue weighted by atomic mass is 9.87. The number of benzene rings is 2. The number of rotatable bonds is 8. The van der Waals surface area contributed by atoms with Crippen LogP contribution in [-0.2, 0) is 4.79 Å². The lowest BCUT2D eigenvalue weighted by Gasteiger charge is -2.19. The van der Waals surface area contributed by atoms with E-state index >= 15 is 0 Å². The Balaban J connectivity index is 1.95. The molecule has 0 aliphatic carbocycles. The number of ketones is 1. The van der Waals surface area contributed by atoms with Gasteiger partial charge in [0.25, 0.3) is 0 Å². The second-order valence-electron chi connectivity index (χ2n) is 6.92. The van der Waals surface area contributed by atoms with Crippen LogP contribution in [0.5, 0.6) is 23.0 Å². The molecule has 3 aromatic rings. The van der Waals surface area contributed by atoms with E-state index in [2.05, 4.69) is 14.9 Å². The fourth-order valence-corrected chi connectivity index (χ4v) is 3.25. The molecule has 0 saturated carbocycles. The molecule has 0 radical (unpaired) electrons. The average molecular weight is 434 g/mol. The van der Waals surface area contributed by atoms with Crippen LogP contribution in [0.4, 0.5) is 13.2 Å². The maximum atomic E-state index is 12.7. The van der Waals surface area contributed by atoms with E-state index in [9.17, 15) is 18.0 Å². The number of hydrogen-bond donors (Lipinski definition) is 1. The summed E-state index contributed by atoms with van der Waals surface area (Å²) in [6, 6.07) is 10.5. The lowest BCUT2D eigenvalue weighted by Crippen LogP contribution is -2.17. The second-order valence-corrected chi connectivity index (χ2v) is 6.92. The monoisotopic (exact) mass is 434 g/mol. The predicted octanol–water partition coefficient (Wildman–Crippen LogP) is 5.53. The Kier molecular flexibility index (Phi) is 6.53. The Hall–Kier alpha value is -3.49. The molecule has 0 fully saturated rings. The van der Waals surface area contributed by atoms with Crippen LogP contribution in [0.15, 0.2) is 48.7 Å². The summed E-state index contributed by atoms with van der Waals surface area (Å²) in [5.41, 5.74) is 2.49. The highest BCUT2D eigenvalue weighted by Gasteiger charge is 2.32. The number of nitrogens with one attached hydrogen (secondary N) is 1. The van der Waals surface area contributed by atoms with Crippen molar-refractivity contribution in [2.24, 2.45) is 0 Å². The van der Waals surface area contributed by atoms with Gasteiger partial charge in [0.1, 0.15) is 5.78 Å². The average Bonchev–Trinajstić information content (AvgIpc) is 3.12. The van der Waals surface area contributed by atoms with E-state index in [-0.39, 0.29) is 29.6 Å². The Morgan fingerprint density at radius 2 is 1.77 bits per heavy atom. The summed E-state index contributed by atoms with van der Waals surface area (Å²) in [6.07, 6.45) is -2.92. The van der Waals surface area contributed by atoms with Gasteiger partial charge in [-0.05, 0) is 43.7 Å². The number of H-pyrrole nitrogens is 1. The highest BCUT2D eigenvalue weighted by Crippen LogP contribution is 2.40. The van der Waals surface area contributed by atoms with Gasteiger partial charge in [-0.3, -0.25) is 9.89 Å². The zero-order valence-electron chi connectivity index (χ0n) is 17.1. The molecule has 0 saturated heterocycles. The summed E-state index contributed by atoms with van der Waals surface area (Å²) >= 11 is 0. The molecule has 31 heavy (non-hydrogen) atoms. The van der Waals surface area contributed by atoms with Crippen LogP contribution in [0.3, 0.4) is 0 Å². The highest BCUT2D eigenvalue weighted by molar-refractivity contribution is 5.77. The van der Waals surface area contributed by atoms with Crippen LogP contribution in [0, 0.1) is 6.92 Å². The normalized spacial score (nSPS) is 12.3. The first-order chi connectivity index (χ1) is 14.7. The zero-order valence-corrected chi connectivity index (χ0v) is 17.1. The van der Waals surface area contributed by atoms with Crippen molar-refractivity contribution in [1.82, 2.24) is 10.2 Å². The summed E-state index contributed by atoms with van der Waals surface area (Å²) < 4.78 is 53.2. The zero-order chi connectivity index (χ0) is 22.6. The third-order valence-electron chi connectivity index (χ3n) is 4.62. The number of aryl methyl sites for hydroxylation is 1. The number of hydrogen-bond acceptors (Lipinski definition) is 5. The molecule has 0 aliphatic heterocycles. The van der Waals surface area contributed by atoms with Gasteiger partial charge in [-0.15, -0.1) is 13.2 Å². The van der Waals surface area contributed by atoms with Crippen LogP contribution in [0.2, 0.25) is 0 Å². The molecular formula is C22H21F3N2O4. The molecule has 1 aromatic heterocycles. The quantitative estimate of drug-likeness (QED) is 0.505. The van der Waals surface area contributed by atoms with Gasteiger partial charge >= 0.3 is 6.36 Å². The lowest BCUT2D eigenvalue weighted by molar-refractivity contribution is -0.275. The highest BCUT2D eigenvalue weighted by atomic mass is 19.4. The van der Waals surface area contributed by atoms with Crippen molar-refractivity contribution in [3.05, 3.63) is 65.5 Å². The molecule has 1 N–H and O–H groups in total. The maximum Gasteiger partial charge on any atom is 0.573 e. The van der Waals surface area contributed by atoms with Gasteiger partial charge in [0.05, 0.1) is 13.3 Å². The molecule has 1 heterocycles. The predicted molar refractivity (Wildman–Crippen MR) is 107 cm³/mol. The smallest absolute Gasteiger partial charge is 0.493 e. The van der Waals surface area contributed by atoms with Crippen LogP contribution in [-0.4, -0.2) is 29.5 Å². The van der Waals surface area contributed by atoms with Crippen LogP contribution >= 0.6 is 0 Å². The van der Waals surface area contributed by atoms with E-state index in [4.69, 9.17) is 9.47 Å². The molecular weight excluding hydrogens is 413 g/mol. The minimum atomic E-state index is -4.85. The van der Waals surface area contributed by atoms with E-state index in [0.29, 0.717) is 5.75 Å². The first-order valence-electron chi connectivity index (χ1n) is 9.37. The molecule has 0 aliphatic rings. The molecule has 1 atom stereocenters. The molecule has 3 rings (SSSR count). The number of para-hydroxylation sites is 2. The van der Waals surface area contributed by atoms with E-state index in [1.165, 1.54) is 32.2 Å². The van der Waals surface area contributed by atoms with Crippen LogP contribution in [0.1, 0.15) is 36.1 Å². The third-order valence-corrected chi connectivity index (χ3v) is 4.62. The molecule has 0 amide bonds. The number of aromatic amines is 1. The standard InChI is InChI=1S/C22H21F3N2O4/c1-13(28)10-16(17-12-26-27-14(17)2)15-8-9-19(21(11-15)29-3)30-18-6-4-5-7-20(18)31-22(23,24)25/h4-9,11-12,16H,10H2,1-3H3,(H,26,27). The largest absolute Gasteiger partial charge is 0.573 e. The van der Waals surface area contributed by atoms with Crippen molar-refractivity contribution >= 4 is 5.78 Å². The van der Waals surface area contributed by atoms with E-state index in [0.717, 1.165) is 22.9 Å². The molecule has 0 spiro atoms. The van der Waals surface area contributed by atoms with Crippen molar-refractivity contribution in [2.75, 3.05) is 7.11 Å². The van der Waals surface area contributed by atoms with Crippen molar-refractivity contribution in [3.8, 4) is 23.0 Å². The topological polar surface area (TPSA) is 73.4 Å². The van der Waals surface area contributed by atoms with E-state index in [1.807, 2.05) is 6.92 Å². The summed E-state index contributed by atoms with van der Waals surface area (Å²) in [4.78, 5) is 11.9. The maximum absolute atomic E-state index is 12.7. The first kappa shape index (κ1) is 22.2. The fourth-order valence-electron chi connectivity index (χ4n) is 3.25. The van der Waals surface area contributed by atoms with Crippen molar-refractivity contribution < 1.29 is 32.2 Å². The number of Topliss-reactive ketones (excluding diaryl/α,β-unsaturated/α-hetero) is 1. The minimum absolute atomic E-state index is 0.00289. The number of alkyl halides is 3. The number of carbonyl (C=O) groups excluding carboxylic acids is 1. The number of aromatic nitrogens is 2. The van der Waals surface area contributed by atoms with E-state index in [1.54, 1.807) is 24.4 Å². The number of nitrogens with zero attached hydrogens (tertiary/aromatic N) is 1. The summed E-state index contributed by atoms with van der Waals surface area (Å²) in [5.74, 6) is -0.339. The Morgan fingerprint density at radius 3 is 2.35 bits per heavy atom. The van der Waals surface area contributed by atoms with Gasteiger partial charge in [-0.1, -0.05) is 18.2 Å². The molecule has 9 heteroatoms. The summed E-state index contributed by atoms with van der Waals surface area (Å²) in [6.45, 7) is 3.37. The van der Waals surface area contributed by atoms with Crippen molar-refractivity contribution in [2.45, 2.75) is 32.5 Å². The molecule has 2 aromatic carbocycles. The third kappa shape index (κ3) is 5.56. The van der Waals surface area contributed by atoms with Gasteiger partial charge < -0.3 is 14.2 Å². The van der Waals surface area contributed by atoms with E-state index < -0.39 is 12.1 Å². The van der Waals surface area contributed by atoms with Gasteiger partial charge in [-0.25, -0.2) is 0 Å². The Bertz CT molecular complexity index is 1060. The van der Waals surface area contributed by atoms with Gasteiger partial charge in [0.15, 0.2) is 23.0 Å². The number of ether oxygens (including phenoxy) is 3. The molecule has 0 bridgehead atoms. The van der Waals surface area contributed by atoms with Crippen molar-refractivity contribution in [3.63, 3.8) is 0 Å². The van der Waals surface area contributed by atoms with Gasteiger partial charge in [0.2, 0.25) is 0 Å². The van der Waals surface area contributed by atoms with Crippen LogP contribution < -0.4 is 14.2 Å². The second kappa shape index (κ2) is 9.11. The minimum Gasteiger partial charge on any atom is -0.493 e. The molecule has 1 unspecified atom stereocenters. The molecule has 6 nitrogen and oxygen atoms in total.